The maximum Gasteiger partial charge on any atom is 0.257 e. The minimum absolute atomic E-state index is 0.00488. The summed E-state index contributed by atoms with van der Waals surface area (Å²) in [6, 6.07) is 10.1. The second kappa shape index (κ2) is 6.52. The number of rotatable bonds is 4. The predicted octanol–water partition coefficient (Wildman–Crippen LogP) is 1.36. The first-order chi connectivity index (χ1) is 12.3. The number of amides is 1. The van der Waals surface area contributed by atoms with Crippen molar-refractivity contribution in [3.05, 3.63) is 60.3 Å². The van der Waals surface area contributed by atoms with E-state index in [1.807, 2.05) is 41.6 Å². The van der Waals surface area contributed by atoms with Crippen LogP contribution < -0.4 is 5.73 Å². The second-order valence-corrected chi connectivity index (χ2v) is 6.11. The summed E-state index contributed by atoms with van der Waals surface area (Å²) >= 11 is 0. The largest absolute Gasteiger partial charge is 0.331 e. The monoisotopic (exact) mass is 336 g/mol. The lowest BCUT2D eigenvalue weighted by Crippen LogP contribution is -2.38. The molecule has 1 aliphatic rings. The van der Waals surface area contributed by atoms with Gasteiger partial charge in [-0.2, -0.15) is 5.10 Å². The lowest BCUT2D eigenvalue weighted by atomic mass is 10.1. The summed E-state index contributed by atoms with van der Waals surface area (Å²) in [5, 5.41) is 4.19. The molecule has 25 heavy (non-hydrogen) atoms. The smallest absolute Gasteiger partial charge is 0.257 e. The fourth-order valence-corrected chi connectivity index (χ4v) is 3.18. The highest BCUT2D eigenvalue weighted by Gasteiger charge is 2.25. The molecule has 2 aromatic heterocycles. The Kier molecular flexibility index (Phi) is 4.07. The maximum absolute atomic E-state index is 12.8. The average molecular weight is 336 g/mol. The van der Waals surface area contributed by atoms with Gasteiger partial charge in [-0.15, -0.1) is 0 Å². The van der Waals surface area contributed by atoms with E-state index in [-0.39, 0.29) is 5.91 Å². The lowest BCUT2D eigenvalue weighted by Gasteiger charge is -2.28. The van der Waals surface area contributed by atoms with E-state index in [2.05, 4.69) is 14.6 Å². The quantitative estimate of drug-likeness (QED) is 0.780. The Morgan fingerprint density at radius 3 is 2.84 bits per heavy atom. The maximum atomic E-state index is 12.8. The zero-order chi connectivity index (χ0) is 17.2. The molecule has 7 nitrogen and oxygen atoms in total. The zero-order valence-electron chi connectivity index (χ0n) is 13.9. The first kappa shape index (κ1) is 15.6. The third-order valence-corrected chi connectivity index (χ3v) is 4.47. The van der Waals surface area contributed by atoms with Gasteiger partial charge < -0.3 is 15.2 Å². The number of fused-ring (bicyclic) bond motifs is 1. The molecule has 7 heteroatoms. The molecule has 128 valence electrons. The van der Waals surface area contributed by atoms with Crippen molar-refractivity contribution in [1.29, 1.82) is 0 Å². The van der Waals surface area contributed by atoms with Crippen LogP contribution in [0.4, 0.5) is 0 Å². The van der Waals surface area contributed by atoms with E-state index >= 15 is 0 Å². The lowest BCUT2D eigenvalue weighted by molar-refractivity contribution is 0.0711. The van der Waals surface area contributed by atoms with Gasteiger partial charge in [-0.3, -0.25) is 9.48 Å². The van der Waals surface area contributed by atoms with Crippen LogP contribution in [0, 0.1) is 0 Å². The van der Waals surface area contributed by atoms with Gasteiger partial charge in [-0.25, -0.2) is 4.98 Å². The molecule has 0 spiro atoms. The van der Waals surface area contributed by atoms with Crippen molar-refractivity contribution >= 4 is 5.91 Å². The van der Waals surface area contributed by atoms with Crippen LogP contribution in [0.2, 0.25) is 0 Å². The number of nitrogens with two attached hydrogens (primary N) is 1. The summed E-state index contributed by atoms with van der Waals surface area (Å²) in [6.07, 6.45) is 5.24. The highest BCUT2D eigenvalue weighted by atomic mass is 16.2. The van der Waals surface area contributed by atoms with E-state index in [1.165, 1.54) is 0 Å². The predicted molar refractivity (Wildman–Crippen MR) is 93.7 cm³/mol. The molecular weight excluding hydrogens is 316 g/mol. The van der Waals surface area contributed by atoms with E-state index in [4.69, 9.17) is 5.73 Å². The highest BCUT2D eigenvalue weighted by molar-refractivity contribution is 5.93. The first-order valence-electron chi connectivity index (χ1n) is 8.37. The van der Waals surface area contributed by atoms with Crippen LogP contribution >= 0.6 is 0 Å². The number of carbonyl (C=O) groups is 1. The van der Waals surface area contributed by atoms with Gasteiger partial charge in [0.15, 0.2) is 0 Å². The molecule has 1 amide bonds. The molecular formula is C18H20N6O. The van der Waals surface area contributed by atoms with Gasteiger partial charge in [0.1, 0.15) is 0 Å². The van der Waals surface area contributed by atoms with Crippen molar-refractivity contribution in [3.8, 4) is 11.3 Å². The Labute approximate surface area is 145 Å². The van der Waals surface area contributed by atoms with Crippen LogP contribution in [0.3, 0.4) is 0 Å². The number of nitrogens with zero attached hydrogens (tertiary/aromatic N) is 5. The van der Waals surface area contributed by atoms with E-state index in [0.29, 0.717) is 31.7 Å². The number of benzene rings is 1. The van der Waals surface area contributed by atoms with E-state index in [0.717, 1.165) is 23.5 Å². The van der Waals surface area contributed by atoms with Gasteiger partial charge >= 0.3 is 0 Å². The molecule has 3 heterocycles. The number of aromatic nitrogens is 4. The van der Waals surface area contributed by atoms with Crippen molar-refractivity contribution in [2.75, 3.05) is 13.1 Å². The van der Waals surface area contributed by atoms with E-state index in [9.17, 15) is 4.79 Å². The normalized spacial score (nSPS) is 13.7. The third-order valence-electron chi connectivity index (χ3n) is 4.47. The Bertz CT molecular complexity index is 882. The SMILES string of the molecule is NCCn1cc(C(=O)N2CCn3cnc(-c4ccccc4)c3C2)cn1. The molecule has 3 aromatic rings. The number of hydrogen-bond acceptors (Lipinski definition) is 4. The molecule has 0 unspecified atom stereocenters. The van der Waals surface area contributed by atoms with Crippen molar-refractivity contribution in [2.24, 2.45) is 5.73 Å². The summed E-state index contributed by atoms with van der Waals surface area (Å²) in [5.41, 5.74) is 9.22. The summed E-state index contributed by atoms with van der Waals surface area (Å²) < 4.78 is 3.83. The summed E-state index contributed by atoms with van der Waals surface area (Å²) in [5.74, 6) is -0.00488. The minimum Gasteiger partial charge on any atom is -0.331 e. The Morgan fingerprint density at radius 1 is 1.20 bits per heavy atom. The molecule has 0 saturated heterocycles. The van der Waals surface area contributed by atoms with Crippen LogP contribution in [0.25, 0.3) is 11.3 Å². The van der Waals surface area contributed by atoms with Gasteiger partial charge in [0.05, 0.1) is 42.6 Å². The van der Waals surface area contributed by atoms with Gasteiger partial charge in [-0.05, 0) is 0 Å². The van der Waals surface area contributed by atoms with E-state index in [1.54, 1.807) is 17.1 Å². The van der Waals surface area contributed by atoms with E-state index < -0.39 is 0 Å². The Balaban J connectivity index is 1.58. The average Bonchev–Trinajstić information content (AvgIpc) is 3.28. The summed E-state index contributed by atoms with van der Waals surface area (Å²) in [7, 11) is 0. The van der Waals surface area contributed by atoms with Crippen LogP contribution in [0.15, 0.2) is 49.1 Å². The summed E-state index contributed by atoms with van der Waals surface area (Å²) in [6.45, 7) is 3.07. The van der Waals surface area contributed by atoms with Crippen LogP contribution in [-0.4, -0.2) is 43.2 Å². The van der Waals surface area contributed by atoms with Crippen LogP contribution in [-0.2, 0) is 19.6 Å². The van der Waals surface area contributed by atoms with Gasteiger partial charge in [-0.1, -0.05) is 30.3 Å². The highest BCUT2D eigenvalue weighted by Crippen LogP contribution is 2.26. The van der Waals surface area contributed by atoms with Gasteiger partial charge in [0.25, 0.3) is 5.91 Å². The fraction of sp³-hybridized carbons (Fsp3) is 0.278. The fourth-order valence-electron chi connectivity index (χ4n) is 3.18. The third kappa shape index (κ3) is 2.94. The molecule has 4 rings (SSSR count). The van der Waals surface area contributed by atoms with Crippen molar-refractivity contribution in [3.63, 3.8) is 0 Å². The molecule has 1 aromatic carbocycles. The molecule has 0 radical (unpaired) electrons. The molecule has 0 atom stereocenters. The standard InChI is InChI=1S/C18H20N6O/c19-6-7-24-11-15(10-21-24)18(25)22-8-9-23-13-20-17(16(23)12-22)14-4-2-1-3-5-14/h1-5,10-11,13H,6-9,12,19H2. The molecule has 0 aliphatic carbocycles. The van der Waals surface area contributed by atoms with Crippen LogP contribution in [0.5, 0.6) is 0 Å². The number of imidazole rings is 1. The molecule has 0 bridgehead atoms. The van der Waals surface area contributed by atoms with Gasteiger partial charge in [0.2, 0.25) is 0 Å². The van der Waals surface area contributed by atoms with Crippen LogP contribution in [0.1, 0.15) is 16.1 Å². The molecule has 2 N–H and O–H groups in total. The van der Waals surface area contributed by atoms with Crippen molar-refractivity contribution < 1.29 is 4.79 Å². The second-order valence-electron chi connectivity index (χ2n) is 6.11. The number of carbonyl (C=O) groups excluding carboxylic acids is 1. The van der Waals surface area contributed by atoms with Gasteiger partial charge in [0, 0.05) is 31.4 Å². The zero-order valence-corrected chi connectivity index (χ0v) is 13.9. The minimum atomic E-state index is -0.00488. The molecule has 0 saturated carbocycles. The van der Waals surface area contributed by atoms with Crippen molar-refractivity contribution in [1.82, 2.24) is 24.2 Å². The Morgan fingerprint density at radius 2 is 2.04 bits per heavy atom. The summed E-state index contributed by atoms with van der Waals surface area (Å²) in [4.78, 5) is 19.2. The Hall–Kier alpha value is -2.93. The topological polar surface area (TPSA) is 82.0 Å². The molecule has 0 fully saturated rings. The number of hydrogen-bond donors (Lipinski definition) is 1. The molecule has 1 aliphatic heterocycles. The first-order valence-corrected chi connectivity index (χ1v) is 8.37. The van der Waals surface area contributed by atoms with Crippen molar-refractivity contribution in [2.45, 2.75) is 19.6 Å².